The molecule has 0 unspecified atom stereocenters. The van der Waals surface area contributed by atoms with Crippen molar-refractivity contribution in [2.45, 2.75) is 13.3 Å². The molecule has 0 saturated heterocycles. The number of Topliss-reactive ketones (excluding diaryl/α,β-unsaturated/α-hetero) is 1. The fourth-order valence-corrected chi connectivity index (χ4v) is 1.17. The fraction of sp³-hybridized carbons (Fsp3) is 0.273. The van der Waals surface area contributed by atoms with Gasteiger partial charge in [0.2, 0.25) is 5.91 Å². The largest absolute Gasteiger partial charge is 0.315 e. The minimum atomic E-state index is -0.215. The molecule has 0 aliphatic carbocycles. The first kappa shape index (κ1) is 11.5. The third-order valence-electron chi connectivity index (χ3n) is 2.05. The predicted octanol–water partition coefficient (Wildman–Crippen LogP) is 0.422. The Morgan fingerprint density at radius 2 is 1.80 bits per heavy atom. The SMILES string of the molecule is [B]c1ccc(N(C)C(=O)CC(C)=O)cc1. The summed E-state index contributed by atoms with van der Waals surface area (Å²) in [5, 5.41) is 0. The molecule has 1 rings (SSSR count). The lowest BCUT2D eigenvalue weighted by atomic mass is 9.96. The van der Waals surface area contributed by atoms with Crippen LogP contribution >= 0.6 is 0 Å². The van der Waals surface area contributed by atoms with Crippen LogP contribution < -0.4 is 10.4 Å². The van der Waals surface area contributed by atoms with Crippen LogP contribution in [0.4, 0.5) is 5.69 Å². The van der Waals surface area contributed by atoms with Gasteiger partial charge in [-0.15, -0.1) is 0 Å². The molecule has 0 N–H and O–H groups in total. The summed E-state index contributed by atoms with van der Waals surface area (Å²) in [7, 11) is 7.16. The lowest BCUT2D eigenvalue weighted by molar-refractivity contribution is -0.125. The zero-order chi connectivity index (χ0) is 11.4. The Labute approximate surface area is 90.5 Å². The Morgan fingerprint density at radius 3 is 2.27 bits per heavy atom. The first-order valence-electron chi connectivity index (χ1n) is 4.62. The van der Waals surface area contributed by atoms with Gasteiger partial charge in [-0.1, -0.05) is 17.6 Å². The van der Waals surface area contributed by atoms with E-state index < -0.39 is 0 Å². The molecule has 0 aliphatic heterocycles. The van der Waals surface area contributed by atoms with Crippen LogP contribution in [0.3, 0.4) is 0 Å². The van der Waals surface area contributed by atoms with Gasteiger partial charge in [0.1, 0.15) is 13.6 Å². The van der Waals surface area contributed by atoms with Crippen molar-refractivity contribution in [2.75, 3.05) is 11.9 Å². The topological polar surface area (TPSA) is 37.4 Å². The number of benzene rings is 1. The molecule has 3 nitrogen and oxygen atoms in total. The number of anilines is 1. The molecule has 1 aromatic carbocycles. The average Bonchev–Trinajstić information content (AvgIpc) is 2.17. The third-order valence-corrected chi connectivity index (χ3v) is 2.05. The normalized spacial score (nSPS) is 9.73. The second-order valence-electron chi connectivity index (χ2n) is 3.42. The van der Waals surface area contributed by atoms with E-state index in [1.54, 1.807) is 31.3 Å². The Hall–Kier alpha value is -1.58. The van der Waals surface area contributed by atoms with E-state index in [9.17, 15) is 9.59 Å². The number of hydrogen-bond donors (Lipinski definition) is 0. The molecular formula is C11H12BNO2. The highest BCUT2D eigenvalue weighted by Gasteiger charge is 2.12. The molecule has 0 bridgehead atoms. The lowest BCUT2D eigenvalue weighted by Gasteiger charge is -2.16. The van der Waals surface area contributed by atoms with E-state index in [0.717, 1.165) is 5.69 Å². The van der Waals surface area contributed by atoms with Crippen LogP contribution in [0, 0.1) is 0 Å². The van der Waals surface area contributed by atoms with Crippen LogP contribution in [0.2, 0.25) is 0 Å². The maximum Gasteiger partial charge on any atom is 0.234 e. The summed E-state index contributed by atoms with van der Waals surface area (Å²) in [5.74, 6) is -0.352. The van der Waals surface area contributed by atoms with Crippen LogP contribution in [-0.4, -0.2) is 26.6 Å². The van der Waals surface area contributed by atoms with Crippen LogP contribution in [0.25, 0.3) is 0 Å². The monoisotopic (exact) mass is 201 g/mol. The van der Waals surface area contributed by atoms with Gasteiger partial charge in [-0.05, 0) is 19.1 Å². The Kier molecular flexibility index (Phi) is 3.66. The molecule has 0 aromatic heterocycles. The number of rotatable bonds is 3. The van der Waals surface area contributed by atoms with Crippen LogP contribution in [0.5, 0.6) is 0 Å². The molecule has 0 saturated carbocycles. The predicted molar refractivity (Wildman–Crippen MR) is 60.5 cm³/mol. The van der Waals surface area contributed by atoms with Crippen LogP contribution in [-0.2, 0) is 9.59 Å². The summed E-state index contributed by atoms with van der Waals surface area (Å²) in [5.41, 5.74) is 1.38. The zero-order valence-electron chi connectivity index (χ0n) is 8.86. The Balaban J connectivity index is 2.76. The van der Waals surface area contributed by atoms with E-state index >= 15 is 0 Å². The van der Waals surface area contributed by atoms with E-state index in [1.165, 1.54) is 11.8 Å². The van der Waals surface area contributed by atoms with E-state index in [-0.39, 0.29) is 18.1 Å². The highest BCUT2D eigenvalue weighted by atomic mass is 16.2. The van der Waals surface area contributed by atoms with Crippen molar-refractivity contribution in [1.82, 2.24) is 0 Å². The number of nitrogens with zero attached hydrogens (tertiary/aromatic N) is 1. The van der Waals surface area contributed by atoms with Gasteiger partial charge in [-0.2, -0.15) is 0 Å². The molecule has 76 valence electrons. The quantitative estimate of drug-likeness (QED) is 0.525. The van der Waals surface area contributed by atoms with Crippen molar-refractivity contribution < 1.29 is 9.59 Å². The minimum absolute atomic E-state index is 0.0686. The molecular weight excluding hydrogens is 189 g/mol. The van der Waals surface area contributed by atoms with E-state index in [4.69, 9.17) is 7.85 Å². The molecule has 1 aromatic rings. The van der Waals surface area contributed by atoms with Gasteiger partial charge >= 0.3 is 0 Å². The summed E-state index contributed by atoms with van der Waals surface area (Å²) in [6.07, 6.45) is -0.0686. The van der Waals surface area contributed by atoms with Gasteiger partial charge in [0.05, 0.1) is 6.42 Å². The molecule has 2 radical (unpaired) electrons. The maximum absolute atomic E-state index is 11.5. The van der Waals surface area contributed by atoms with Crippen molar-refractivity contribution in [3.63, 3.8) is 0 Å². The summed E-state index contributed by atoms with van der Waals surface area (Å²) in [6.45, 7) is 1.40. The highest BCUT2D eigenvalue weighted by molar-refractivity contribution is 6.32. The smallest absolute Gasteiger partial charge is 0.234 e. The van der Waals surface area contributed by atoms with Gasteiger partial charge in [-0.3, -0.25) is 9.59 Å². The third kappa shape index (κ3) is 3.24. The summed E-state index contributed by atoms with van der Waals surface area (Å²) in [6, 6.07) is 6.92. The van der Waals surface area contributed by atoms with Crippen molar-refractivity contribution in [3.05, 3.63) is 24.3 Å². The summed E-state index contributed by atoms with van der Waals surface area (Å²) in [4.78, 5) is 23.7. The molecule has 0 heterocycles. The van der Waals surface area contributed by atoms with E-state index in [1.807, 2.05) is 0 Å². The first-order chi connectivity index (χ1) is 7.00. The van der Waals surface area contributed by atoms with Crippen molar-refractivity contribution in [2.24, 2.45) is 0 Å². The van der Waals surface area contributed by atoms with Crippen molar-refractivity contribution in [3.8, 4) is 0 Å². The zero-order valence-corrected chi connectivity index (χ0v) is 8.86. The summed E-state index contributed by atoms with van der Waals surface area (Å²) < 4.78 is 0. The number of hydrogen-bond acceptors (Lipinski definition) is 2. The van der Waals surface area contributed by atoms with E-state index in [2.05, 4.69) is 0 Å². The Bertz CT molecular complexity index is 373. The van der Waals surface area contributed by atoms with Gasteiger partial charge in [-0.25, -0.2) is 0 Å². The lowest BCUT2D eigenvalue weighted by Crippen LogP contribution is -2.27. The van der Waals surface area contributed by atoms with Gasteiger partial charge in [0.15, 0.2) is 0 Å². The molecule has 0 spiro atoms. The second kappa shape index (κ2) is 4.78. The summed E-state index contributed by atoms with van der Waals surface area (Å²) >= 11 is 0. The van der Waals surface area contributed by atoms with Crippen molar-refractivity contribution in [1.29, 1.82) is 0 Å². The van der Waals surface area contributed by atoms with Gasteiger partial charge < -0.3 is 4.90 Å². The van der Waals surface area contributed by atoms with Gasteiger partial charge in [0, 0.05) is 12.7 Å². The second-order valence-corrected chi connectivity index (χ2v) is 3.42. The minimum Gasteiger partial charge on any atom is -0.315 e. The molecule has 15 heavy (non-hydrogen) atoms. The number of carbonyl (C=O) groups excluding carboxylic acids is 2. The van der Waals surface area contributed by atoms with E-state index in [0.29, 0.717) is 5.46 Å². The highest BCUT2D eigenvalue weighted by Crippen LogP contribution is 2.11. The van der Waals surface area contributed by atoms with Crippen molar-refractivity contribution >= 4 is 30.7 Å². The molecule has 1 amide bonds. The number of carbonyl (C=O) groups is 2. The Morgan fingerprint density at radius 1 is 1.27 bits per heavy atom. The maximum atomic E-state index is 11.5. The molecule has 4 heteroatoms. The van der Waals surface area contributed by atoms with Crippen LogP contribution in [0.15, 0.2) is 24.3 Å². The average molecular weight is 201 g/mol. The van der Waals surface area contributed by atoms with Gasteiger partial charge in [0.25, 0.3) is 0 Å². The standard InChI is InChI=1S/C11H12BNO2/c1-8(14)7-11(15)13(2)10-5-3-9(12)4-6-10/h3-6H,7H2,1-2H3. The molecule has 0 aliphatic rings. The fourth-order valence-electron chi connectivity index (χ4n) is 1.17. The first-order valence-corrected chi connectivity index (χ1v) is 4.62. The van der Waals surface area contributed by atoms with Crippen LogP contribution in [0.1, 0.15) is 13.3 Å². The number of amides is 1. The number of ketones is 1. The molecule has 0 atom stereocenters. The molecule has 0 fully saturated rings.